The van der Waals surface area contributed by atoms with Crippen LogP contribution in [0.1, 0.15) is 58.1 Å². The molecule has 0 aliphatic rings. The molecule has 0 fully saturated rings. The van der Waals surface area contributed by atoms with Gasteiger partial charge in [-0.25, -0.2) is 0 Å². The first-order valence-corrected chi connectivity index (χ1v) is 8.83. The first kappa shape index (κ1) is 20.7. The lowest BCUT2D eigenvalue weighted by Crippen LogP contribution is -2.36. The molecule has 1 aromatic carbocycles. The van der Waals surface area contributed by atoms with Crippen molar-refractivity contribution in [2.45, 2.75) is 53.5 Å². The second kappa shape index (κ2) is 9.83. The maximum atomic E-state index is 12.5. The summed E-state index contributed by atoms with van der Waals surface area (Å²) in [5.74, 6) is 0.0964. The van der Waals surface area contributed by atoms with Crippen molar-refractivity contribution in [2.24, 2.45) is 5.41 Å². The van der Waals surface area contributed by atoms with E-state index >= 15 is 0 Å². The fraction of sp³-hybridized carbons (Fsp3) is 0.550. The summed E-state index contributed by atoms with van der Waals surface area (Å²) in [6, 6.07) is 9.41. The summed E-state index contributed by atoms with van der Waals surface area (Å²) >= 11 is 0. The molecule has 0 atom stereocenters. The Bertz CT molecular complexity index is 609. The van der Waals surface area contributed by atoms with Gasteiger partial charge >= 0.3 is 0 Å². The summed E-state index contributed by atoms with van der Waals surface area (Å²) in [6.45, 7) is 9.41. The Morgan fingerprint density at radius 3 is 2.36 bits per heavy atom. The lowest BCUT2D eigenvalue weighted by molar-refractivity contribution is -0.132. The predicted octanol–water partition coefficient (Wildman–Crippen LogP) is 3.24. The Balaban J connectivity index is 2.50. The van der Waals surface area contributed by atoms with E-state index in [0.717, 1.165) is 12.0 Å². The molecule has 0 unspecified atom stereocenters. The van der Waals surface area contributed by atoms with Gasteiger partial charge in [0.25, 0.3) is 0 Å². The summed E-state index contributed by atoms with van der Waals surface area (Å²) in [5, 5.41) is 11.7. The van der Waals surface area contributed by atoms with E-state index in [1.807, 2.05) is 44.7 Å². The van der Waals surface area contributed by atoms with Gasteiger partial charge in [-0.15, -0.1) is 0 Å². The van der Waals surface area contributed by atoms with Gasteiger partial charge < -0.3 is 10.2 Å². The maximum Gasteiger partial charge on any atom is 0.225 e. The summed E-state index contributed by atoms with van der Waals surface area (Å²) in [4.78, 5) is 26.1. The molecule has 0 spiro atoms. The summed E-state index contributed by atoms with van der Waals surface area (Å²) in [5.41, 5.74) is 1.22. The van der Waals surface area contributed by atoms with Gasteiger partial charge in [-0.3, -0.25) is 9.59 Å². The number of rotatable bonds is 8. The van der Waals surface area contributed by atoms with Crippen molar-refractivity contribution in [3.63, 3.8) is 0 Å². The zero-order chi connectivity index (χ0) is 18.9. The first-order chi connectivity index (χ1) is 11.8. The molecule has 1 aromatic rings. The normalized spacial score (nSPS) is 10.8. The third-order valence-electron chi connectivity index (χ3n) is 3.84. The molecule has 1 rings (SSSR count). The van der Waals surface area contributed by atoms with Crippen LogP contribution in [0.4, 0.5) is 0 Å². The Labute approximate surface area is 151 Å². The Morgan fingerprint density at radius 2 is 1.84 bits per heavy atom. The van der Waals surface area contributed by atoms with E-state index in [-0.39, 0.29) is 11.8 Å². The lowest BCUT2D eigenvalue weighted by Gasteiger charge is -2.23. The van der Waals surface area contributed by atoms with Crippen molar-refractivity contribution in [1.29, 1.82) is 5.26 Å². The number of nitriles is 1. The largest absolute Gasteiger partial charge is 0.356 e. The predicted molar refractivity (Wildman–Crippen MR) is 98.6 cm³/mol. The van der Waals surface area contributed by atoms with Crippen LogP contribution in [0.5, 0.6) is 0 Å². The topological polar surface area (TPSA) is 73.2 Å². The molecule has 5 nitrogen and oxygen atoms in total. The van der Waals surface area contributed by atoms with Crippen LogP contribution in [0.25, 0.3) is 0 Å². The first-order valence-electron chi connectivity index (χ1n) is 8.83. The second-order valence-corrected chi connectivity index (χ2v) is 7.23. The van der Waals surface area contributed by atoms with Gasteiger partial charge in [0.15, 0.2) is 0 Å². The van der Waals surface area contributed by atoms with E-state index < -0.39 is 5.41 Å². The van der Waals surface area contributed by atoms with Crippen molar-refractivity contribution in [3.05, 3.63) is 35.4 Å². The van der Waals surface area contributed by atoms with E-state index in [9.17, 15) is 9.59 Å². The van der Waals surface area contributed by atoms with Crippen LogP contribution in [0.3, 0.4) is 0 Å². The van der Waals surface area contributed by atoms with Crippen LogP contribution in [0.15, 0.2) is 24.3 Å². The minimum atomic E-state index is -0.409. The van der Waals surface area contributed by atoms with Gasteiger partial charge in [0, 0.05) is 31.5 Å². The van der Waals surface area contributed by atoms with Crippen molar-refractivity contribution in [1.82, 2.24) is 10.2 Å². The molecule has 0 aliphatic carbocycles. The van der Waals surface area contributed by atoms with Crippen molar-refractivity contribution in [2.75, 3.05) is 13.1 Å². The zero-order valence-electron chi connectivity index (χ0n) is 15.8. The smallest absolute Gasteiger partial charge is 0.225 e. The average molecular weight is 343 g/mol. The van der Waals surface area contributed by atoms with Gasteiger partial charge in [-0.2, -0.15) is 5.26 Å². The van der Waals surface area contributed by atoms with Crippen LogP contribution >= 0.6 is 0 Å². The van der Waals surface area contributed by atoms with E-state index in [1.54, 1.807) is 12.1 Å². The third kappa shape index (κ3) is 7.38. The number of nitrogens with zero attached hydrogens (tertiary/aromatic N) is 2. The van der Waals surface area contributed by atoms with E-state index in [4.69, 9.17) is 5.26 Å². The Hall–Kier alpha value is -2.35. The fourth-order valence-corrected chi connectivity index (χ4v) is 2.33. The minimum Gasteiger partial charge on any atom is -0.356 e. The molecular weight excluding hydrogens is 314 g/mol. The summed E-state index contributed by atoms with van der Waals surface area (Å²) in [7, 11) is 0. The van der Waals surface area contributed by atoms with Gasteiger partial charge in [-0.05, 0) is 30.5 Å². The molecule has 0 saturated heterocycles. The second-order valence-electron chi connectivity index (χ2n) is 7.23. The monoisotopic (exact) mass is 343 g/mol. The van der Waals surface area contributed by atoms with Gasteiger partial charge in [-0.1, -0.05) is 39.8 Å². The Morgan fingerprint density at radius 1 is 1.20 bits per heavy atom. The number of hydrogen-bond donors (Lipinski definition) is 1. The van der Waals surface area contributed by atoms with Gasteiger partial charge in [0.1, 0.15) is 0 Å². The molecule has 0 aliphatic heterocycles. The summed E-state index contributed by atoms with van der Waals surface area (Å²) in [6.07, 6.45) is 1.94. The summed E-state index contributed by atoms with van der Waals surface area (Å²) < 4.78 is 0. The lowest BCUT2D eigenvalue weighted by atomic mass is 9.96. The van der Waals surface area contributed by atoms with Crippen LogP contribution in [-0.4, -0.2) is 29.8 Å². The van der Waals surface area contributed by atoms with E-state index in [2.05, 4.69) is 11.4 Å². The Kier molecular flexibility index (Phi) is 8.13. The quantitative estimate of drug-likeness (QED) is 0.736. The molecule has 1 N–H and O–H groups in total. The number of hydrogen-bond acceptors (Lipinski definition) is 3. The molecular formula is C20H29N3O2. The van der Waals surface area contributed by atoms with E-state index in [1.165, 1.54) is 0 Å². The molecule has 0 aromatic heterocycles. The van der Waals surface area contributed by atoms with E-state index in [0.29, 0.717) is 38.0 Å². The van der Waals surface area contributed by atoms with Crippen molar-refractivity contribution >= 4 is 11.8 Å². The third-order valence-corrected chi connectivity index (χ3v) is 3.84. The average Bonchev–Trinajstić information content (AvgIpc) is 2.57. The van der Waals surface area contributed by atoms with Crippen LogP contribution < -0.4 is 5.32 Å². The standard InChI is InChI=1S/C20H29N3O2/c1-5-13-23(15-17-10-8-16(14-21)9-11-17)18(24)7-6-12-22-19(25)20(2,3)4/h8-11H,5-7,12-13,15H2,1-4H3,(H,22,25). The highest BCUT2D eigenvalue weighted by Crippen LogP contribution is 2.13. The molecule has 0 bridgehead atoms. The van der Waals surface area contributed by atoms with Gasteiger partial charge in [0.2, 0.25) is 11.8 Å². The number of carbonyl (C=O) groups is 2. The number of nitrogens with one attached hydrogen (secondary N) is 1. The number of carbonyl (C=O) groups excluding carboxylic acids is 2. The number of benzene rings is 1. The van der Waals surface area contributed by atoms with Crippen molar-refractivity contribution < 1.29 is 9.59 Å². The fourth-order valence-electron chi connectivity index (χ4n) is 2.33. The minimum absolute atomic E-state index is 0.00273. The molecule has 2 amide bonds. The zero-order valence-corrected chi connectivity index (χ0v) is 15.8. The maximum absolute atomic E-state index is 12.5. The highest BCUT2D eigenvalue weighted by atomic mass is 16.2. The van der Waals surface area contributed by atoms with Gasteiger partial charge in [0.05, 0.1) is 11.6 Å². The molecule has 136 valence electrons. The molecule has 25 heavy (non-hydrogen) atoms. The highest BCUT2D eigenvalue weighted by Gasteiger charge is 2.20. The van der Waals surface area contributed by atoms with Crippen LogP contribution in [-0.2, 0) is 16.1 Å². The molecule has 0 saturated carbocycles. The van der Waals surface area contributed by atoms with Crippen molar-refractivity contribution in [3.8, 4) is 6.07 Å². The molecule has 0 heterocycles. The van der Waals surface area contributed by atoms with Crippen LogP contribution in [0, 0.1) is 16.7 Å². The molecule has 0 radical (unpaired) electrons. The molecule has 5 heteroatoms. The van der Waals surface area contributed by atoms with Crippen LogP contribution in [0.2, 0.25) is 0 Å². The number of amides is 2. The highest BCUT2D eigenvalue weighted by molar-refractivity contribution is 5.81. The SMILES string of the molecule is CCCN(Cc1ccc(C#N)cc1)C(=O)CCCNC(=O)C(C)(C)C.